The lowest BCUT2D eigenvalue weighted by Crippen LogP contribution is -2.11. The second-order valence-corrected chi connectivity index (χ2v) is 6.98. The number of benzene rings is 1. The van der Waals surface area contributed by atoms with Gasteiger partial charge in [0.15, 0.2) is 5.13 Å². The molecule has 0 saturated carbocycles. The van der Waals surface area contributed by atoms with Gasteiger partial charge in [-0.25, -0.2) is 4.98 Å². The zero-order chi connectivity index (χ0) is 17.1. The number of carbonyl (C=O) groups excluding carboxylic acids is 1. The molecule has 0 radical (unpaired) electrons. The smallest absolute Gasteiger partial charge is 0.271 e. The third-order valence-corrected chi connectivity index (χ3v) is 5.03. The lowest BCUT2D eigenvalue weighted by molar-refractivity contribution is 0.103. The molecular weight excluding hydrogens is 344 g/mol. The summed E-state index contributed by atoms with van der Waals surface area (Å²) in [5.74, 6) is 0.602. The normalized spacial score (nSPS) is 10.6. The molecule has 0 saturated heterocycles. The van der Waals surface area contributed by atoms with Crippen LogP contribution in [0.4, 0.5) is 5.13 Å². The van der Waals surface area contributed by atoms with Gasteiger partial charge in [0.25, 0.3) is 5.91 Å². The van der Waals surface area contributed by atoms with Gasteiger partial charge in [-0.2, -0.15) is 0 Å². The maximum atomic E-state index is 12.2. The second kappa shape index (κ2) is 7.06. The Labute approximate surface area is 147 Å². The Balaban J connectivity index is 1.80. The highest BCUT2D eigenvalue weighted by molar-refractivity contribution is 7.16. The van der Waals surface area contributed by atoms with E-state index in [0.29, 0.717) is 22.3 Å². The van der Waals surface area contributed by atoms with Gasteiger partial charge in [-0.3, -0.25) is 10.1 Å². The molecule has 1 amide bonds. The van der Waals surface area contributed by atoms with Crippen LogP contribution in [0.25, 0.3) is 11.3 Å². The maximum absolute atomic E-state index is 12.2. The summed E-state index contributed by atoms with van der Waals surface area (Å²) in [6.07, 6.45) is 0. The van der Waals surface area contributed by atoms with Gasteiger partial charge in [0.1, 0.15) is 10.6 Å². The molecule has 2 aromatic heterocycles. The number of nitrogens with zero attached hydrogens (tertiary/aromatic N) is 3. The van der Waals surface area contributed by atoms with E-state index in [-0.39, 0.29) is 5.91 Å². The minimum absolute atomic E-state index is 0.227. The van der Waals surface area contributed by atoms with Crippen LogP contribution in [0.3, 0.4) is 0 Å². The Morgan fingerprint density at radius 1 is 1.25 bits per heavy atom. The number of nitrogens with one attached hydrogen (secondary N) is 1. The number of aromatic nitrogens is 3. The van der Waals surface area contributed by atoms with Gasteiger partial charge >= 0.3 is 0 Å². The van der Waals surface area contributed by atoms with Crippen molar-refractivity contribution in [3.05, 3.63) is 39.7 Å². The Morgan fingerprint density at radius 2 is 2.00 bits per heavy atom. The molecule has 0 aliphatic rings. The van der Waals surface area contributed by atoms with Crippen LogP contribution in [0.5, 0.6) is 5.75 Å². The molecule has 3 rings (SSSR count). The molecule has 0 atom stereocenters. The molecule has 1 aromatic carbocycles. The van der Waals surface area contributed by atoms with E-state index >= 15 is 0 Å². The van der Waals surface area contributed by atoms with Crippen molar-refractivity contribution in [2.45, 2.75) is 20.8 Å². The van der Waals surface area contributed by atoms with E-state index in [1.807, 2.05) is 38.1 Å². The predicted molar refractivity (Wildman–Crippen MR) is 96.1 cm³/mol. The number of hydrogen-bond donors (Lipinski definition) is 1. The molecule has 24 heavy (non-hydrogen) atoms. The molecule has 0 aliphatic heterocycles. The van der Waals surface area contributed by atoms with Gasteiger partial charge in [-0.05, 0) is 56.6 Å². The predicted octanol–water partition coefficient (Wildman–Crippen LogP) is 3.93. The van der Waals surface area contributed by atoms with E-state index in [0.717, 1.165) is 33.4 Å². The minimum Gasteiger partial charge on any atom is -0.494 e. The van der Waals surface area contributed by atoms with E-state index in [2.05, 4.69) is 19.9 Å². The van der Waals surface area contributed by atoms with Crippen molar-refractivity contribution in [1.82, 2.24) is 14.6 Å². The summed E-state index contributed by atoms with van der Waals surface area (Å²) < 4.78 is 9.23. The van der Waals surface area contributed by atoms with Gasteiger partial charge in [-0.1, -0.05) is 4.49 Å². The van der Waals surface area contributed by atoms with Gasteiger partial charge in [0, 0.05) is 10.4 Å². The average Bonchev–Trinajstić information content (AvgIpc) is 3.14. The SMILES string of the molecule is CCOc1ccc(-c2nc(NC(=O)c3snnc3C)sc2C)cc1. The molecule has 0 bridgehead atoms. The zero-order valence-electron chi connectivity index (χ0n) is 13.5. The Morgan fingerprint density at radius 3 is 2.62 bits per heavy atom. The van der Waals surface area contributed by atoms with E-state index in [1.165, 1.54) is 11.3 Å². The van der Waals surface area contributed by atoms with Crippen LogP contribution >= 0.6 is 22.9 Å². The average molecular weight is 360 g/mol. The van der Waals surface area contributed by atoms with Crippen LogP contribution in [-0.2, 0) is 0 Å². The van der Waals surface area contributed by atoms with Crippen LogP contribution in [0, 0.1) is 13.8 Å². The number of anilines is 1. The third kappa shape index (κ3) is 3.44. The fraction of sp³-hybridized carbons (Fsp3) is 0.250. The second-order valence-electron chi connectivity index (χ2n) is 5.02. The molecule has 0 spiro atoms. The molecule has 2 heterocycles. The highest BCUT2D eigenvalue weighted by Gasteiger charge is 2.16. The standard InChI is InChI=1S/C16H16N4O2S2/c1-4-22-12-7-5-11(6-8-12)13-10(3)23-16(17-13)18-15(21)14-9(2)19-20-24-14/h5-8H,4H2,1-3H3,(H,17,18,21). The third-order valence-electron chi connectivity index (χ3n) is 3.31. The van der Waals surface area contributed by atoms with Crippen molar-refractivity contribution in [2.75, 3.05) is 11.9 Å². The highest BCUT2D eigenvalue weighted by Crippen LogP contribution is 2.31. The number of hydrogen-bond acceptors (Lipinski definition) is 7. The van der Waals surface area contributed by atoms with Crippen molar-refractivity contribution < 1.29 is 9.53 Å². The topological polar surface area (TPSA) is 77.0 Å². The number of thiazole rings is 1. The Kier molecular flexibility index (Phi) is 4.86. The van der Waals surface area contributed by atoms with E-state index in [4.69, 9.17) is 4.74 Å². The summed E-state index contributed by atoms with van der Waals surface area (Å²) in [7, 11) is 0. The van der Waals surface area contributed by atoms with Crippen molar-refractivity contribution in [1.29, 1.82) is 0 Å². The Hall–Kier alpha value is -2.32. The summed E-state index contributed by atoms with van der Waals surface area (Å²) in [6.45, 7) is 6.33. The van der Waals surface area contributed by atoms with Crippen LogP contribution in [0.1, 0.15) is 27.2 Å². The number of rotatable bonds is 5. The number of aryl methyl sites for hydroxylation is 2. The molecule has 0 aliphatic carbocycles. The number of amides is 1. The van der Waals surface area contributed by atoms with E-state index < -0.39 is 0 Å². The first-order valence-electron chi connectivity index (χ1n) is 7.39. The van der Waals surface area contributed by atoms with Gasteiger partial charge in [0.05, 0.1) is 18.0 Å². The Bertz CT molecular complexity index is 855. The monoisotopic (exact) mass is 360 g/mol. The molecule has 3 aromatic rings. The lowest BCUT2D eigenvalue weighted by Gasteiger charge is -2.04. The van der Waals surface area contributed by atoms with Crippen LogP contribution < -0.4 is 10.1 Å². The quantitative estimate of drug-likeness (QED) is 0.746. The lowest BCUT2D eigenvalue weighted by atomic mass is 10.1. The summed E-state index contributed by atoms with van der Waals surface area (Å²) >= 11 is 2.52. The zero-order valence-corrected chi connectivity index (χ0v) is 15.1. The van der Waals surface area contributed by atoms with Crippen LogP contribution in [-0.4, -0.2) is 27.1 Å². The van der Waals surface area contributed by atoms with Crippen molar-refractivity contribution in [3.8, 4) is 17.0 Å². The van der Waals surface area contributed by atoms with Gasteiger partial charge in [-0.15, -0.1) is 16.4 Å². The minimum atomic E-state index is -0.227. The largest absolute Gasteiger partial charge is 0.494 e. The van der Waals surface area contributed by atoms with Crippen molar-refractivity contribution >= 4 is 33.9 Å². The van der Waals surface area contributed by atoms with E-state index in [1.54, 1.807) is 6.92 Å². The molecular formula is C16H16N4O2S2. The molecule has 0 unspecified atom stereocenters. The maximum Gasteiger partial charge on any atom is 0.271 e. The summed E-state index contributed by atoms with van der Waals surface area (Å²) in [5.41, 5.74) is 2.47. The fourth-order valence-corrected chi connectivity index (χ4v) is 3.57. The summed E-state index contributed by atoms with van der Waals surface area (Å²) in [6, 6.07) is 7.77. The molecule has 124 valence electrons. The summed E-state index contributed by atoms with van der Waals surface area (Å²) in [4.78, 5) is 18.3. The van der Waals surface area contributed by atoms with Gasteiger partial charge < -0.3 is 4.74 Å². The molecule has 0 fully saturated rings. The van der Waals surface area contributed by atoms with E-state index in [9.17, 15) is 4.79 Å². The molecule has 8 heteroatoms. The summed E-state index contributed by atoms with van der Waals surface area (Å²) in [5, 5.41) is 7.24. The molecule has 1 N–H and O–H groups in total. The van der Waals surface area contributed by atoms with Crippen LogP contribution in [0.15, 0.2) is 24.3 Å². The van der Waals surface area contributed by atoms with Crippen molar-refractivity contribution in [3.63, 3.8) is 0 Å². The first-order chi connectivity index (χ1) is 11.6. The number of ether oxygens (including phenoxy) is 1. The fourth-order valence-electron chi connectivity index (χ4n) is 2.19. The first kappa shape index (κ1) is 16.5. The number of carbonyl (C=O) groups is 1. The van der Waals surface area contributed by atoms with Crippen LogP contribution in [0.2, 0.25) is 0 Å². The van der Waals surface area contributed by atoms with Gasteiger partial charge in [0.2, 0.25) is 0 Å². The first-order valence-corrected chi connectivity index (χ1v) is 8.98. The highest BCUT2D eigenvalue weighted by atomic mass is 32.1. The molecule has 6 nitrogen and oxygen atoms in total. The van der Waals surface area contributed by atoms with Crippen molar-refractivity contribution in [2.24, 2.45) is 0 Å².